The molecule has 1 saturated carbocycles. The first-order valence-corrected chi connectivity index (χ1v) is 26.6. The number of hydrogen-bond acceptors (Lipinski definition) is 11. The number of rotatable bonds is 42. The van der Waals surface area contributed by atoms with Gasteiger partial charge in [0.25, 0.3) is 0 Å². The zero-order chi connectivity index (χ0) is 46.9. The van der Waals surface area contributed by atoms with Crippen LogP contribution >= 0.6 is 7.82 Å². The predicted octanol–water partition coefficient (Wildman–Crippen LogP) is 11.0. The van der Waals surface area contributed by atoms with E-state index in [1.807, 2.05) is 0 Å². The summed E-state index contributed by atoms with van der Waals surface area (Å²) in [5.41, 5.74) is 0. The van der Waals surface area contributed by atoms with Crippen molar-refractivity contribution < 1.29 is 58.3 Å². The molecule has 6 N–H and O–H groups in total. The predicted molar refractivity (Wildman–Crippen MR) is 258 cm³/mol. The Hall–Kier alpha value is -1.96. The maximum atomic E-state index is 12.8. The van der Waals surface area contributed by atoms with Crippen molar-refractivity contribution in [2.75, 3.05) is 19.8 Å². The van der Waals surface area contributed by atoms with E-state index in [1.54, 1.807) is 0 Å². The van der Waals surface area contributed by atoms with E-state index in [0.717, 1.165) is 77.0 Å². The van der Waals surface area contributed by atoms with Crippen molar-refractivity contribution in [2.24, 2.45) is 0 Å². The van der Waals surface area contributed by atoms with Crippen molar-refractivity contribution >= 4 is 13.8 Å². The van der Waals surface area contributed by atoms with Gasteiger partial charge < -0.3 is 39.9 Å². The number of phosphoric ester groups is 1. The van der Waals surface area contributed by atoms with E-state index < -0.39 is 63.1 Å². The summed E-state index contributed by atoms with van der Waals surface area (Å²) in [5.74, 6) is -0.489. The maximum Gasteiger partial charge on any atom is 0.472 e. The molecule has 6 atom stereocenters. The summed E-state index contributed by atoms with van der Waals surface area (Å²) < 4.78 is 34.2. The van der Waals surface area contributed by atoms with Gasteiger partial charge in [0.1, 0.15) is 42.7 Å². The number of unbranched alkanes of at least 4 members (excludes halogenated alkanes) is 20. The largest absolute Gasteiger partial charge is 0.472 e. The van der Waals surface area contributed by atoms with E-state index >= 15 is 0 Å². The number of aliphatic hydroxyl groups is 5. The monoisotopic (exact) mass is 927 g/mol. The third-order valence-corrected chi connectivity index (χ3v) is 12.4. The van der Waals surface area contributed by atoms with Crippen LogP contribution in [0, 0.1) is 0 Å². The average molecular weight is 927 g/mol. The topological polar surface area (TPSA) is 192 Å². The Bertz CT molecular complexity index is 1290. The fourth-order valence-electron chi connectivity index (χ4n) is 7.40. The smallest absolute Gasteiger partial charge is 0.457 e. The van der Waals surface area contributed by atoms with Crippen molar-refractivity contribution in [2.45, 2.75) is 236 Å². The van der Waals surface area contributed by atoms with Gasteiger partial charge in [-0.2, -0.15) is 0 Å². The van der Waals surface area contributed by atoms with Crippen molar-refractivity contribution in [3.63, 3.8) is 0 Å². The molecule has 0 spiro atoms. The molecule has 372 valence electrons. The molecule has 0 aromatic rings. The molecule has 0 saturated heterocycles. The summed E-state index contributed by atoms with van der Waals surface area (Å²) in [4.78, 5) is 23.2. The van der Waals surface area contributed by atoms with Crippen LogP contribution in [-0.4, -0.2) is 98.9 Å². The molecule has 64 heavy (non-hydrogen) atoms. The minimum Gasteiger partial charge on any atom is -0.457 e. The molecule has 1 rings (SSSR count). The van der Waals surface area contributed by atoms with Gasteiger partial charge >= 0.3 is 13.8 Å². The first-order valence-electron chi connectivity index (χ1n) is 25.1. The van der Waals surface area contributed by atoms with E-state index in [0.29, 0.717) is 13.0 Å². The number of esters is 1. The molecule has 13 heteroatoms. The van der Waals surface area contributed by atoms with Crippen LogP contribution in [0.2, 0.25) is 0 Å². The molecule has 12 nitrogen and oxygen atoms in total. The number of aliphatic hydroxyl groups excluding tert-OH is 5. The summed E-state index contributed by atoms with van der Waals surface area (Å²) in [6.07, 6.45) is 40.1. The van der Waals surface area contributed by atoms with Crippen molar-refractivity contribution in [1.82, 2.24) is 0 Å². The lowest BCUT2D eigenvalue weighted by Gasteiger charge is -2.41. The fourth-order valence-corrected chi connectivity index (χ4v) is 8.37. The molecule has 0 bridgehead atoms. The minimum absolute atomic E-state index is 0.0944. The number of hydrogen-bond donors (Lipinski definition) is 6. The van der Waals surface area contributed by atoms with Crippen molar-refractivity contribution in [1.29, 1.82) is 0 Å². The fraction of sp³-hybridized carbons (Fsp3) is 0.784. The molecule has 0 aliphatic heterocycles. The maximum absolute atomic E-state index is 12.8. The van der Waals surface area contributed by atoms with Crippen molar-refractivity contribution in [3.8, 4) is 0 Å². The van der Waals surface area contributed by atoms with Gasteiger partial charge in [-0.25, -0.2) is 4.57 Å². The van der Waals surface area contributed by atoms with Crippen LogP contribution in [0.15, 0.2) is 60.8 Å². The summed E-state index contributed by atoms with van der Waals surface area (Å²) in [6, 6.07) is 0. The molecule has 0 radical (unpaired) electrons. The van der Waals surface area contributed by atoms with Gasteiger partial charge in [-0.15, -0.1) is 0 Å². The normalized spacial score (nSPS) is 22.2. The second-order valence-electron chi connectivity index (χ2n) is 17.3. The number of phosphoric acid groups is 1. The lowest BCUT2D eigenvalue weighted by atomic mass is 9.85. The minimum atomic E-state index is -5.03. The third-order valence-electron chi connectivity index (χ3n) is 11.4. The molecule has 1 aliphatic rings. The van der Waals surface area contributed by atoms with Crippen LogP contribution in [0.3, 0.4) is 0 Å². The van der Waals surface area contributed by atoms with E-state index in [1.165, 1.54) is 89.9 Å². The average Bonchev–Trinajstić information content (AvgIpc) is 3.28. The van der Waals surface area contributed by atoms with E-state index in [4.69, 9.17) is 18.5 Å². The highest BCUT2D eigenvalue weighted by Gasteiger charge is 2.51. The van der Waals surface area contributed by atoms with Crippen LogP contribution < -0.4 is 0 Å². The van der Waals surface area contributed by atoms with Crippen molar-refractivity contribution in [3.05, 3.63) is 60.8 Å². The molecule has 0 heterocycles. The standard InChI is InChI=1S/C51H91O12P/c1-3-5-7-9-11-13-15-17-19-20-21-22-23-24-25-26-27-28-30-32-34-36-38-40-45(52)62-44(42-60-41-39-37-35-33-31-29-18-16-14-12-10-8-6-4-2)43-61-64(58,59)63-51-49(56)47(54)46(53)48(55)50(51)57/h6,8,12,14-15,17-18,20-21,29,44,46-51,53-57H,3-5,7,9-11,13,16,19,22-28,30-43H2,1-2H3,(H,58,59)/b8-6-,14-12-,17-15-,21-20-,29-18-. The van der Waals surface area contributed by atoms with E-state index in [2.05, 4.69) is 74.6 Å². The zero-order valence-electron chi connectivity index (χ0n) is 39.8. The summed E-state index contributed by atoms with van der Waals surface area (Å²) in [5, 5.41) is 50.2. The van der Waals surface area contributed by atoms with Crippen LogP contribution in [0.25, 0.3) is 0 Å². The van der Waals surface area contributed by atoms with Gasteiger partial charge in [0, 0.05) is 13.0 Å². The Kier molecular flexibility index (Phi) is 38.7. The SMILES string of the molecule is CC/C=C\C/C=C\C/C=C\CCCCCCOCC(COP(=O)(O)OC1C(O)C(O)C(O)C(O)C1O)OC(=O)CCCCCCCCCCCCC/C=C\C/C=C\CCCCCCC. The van der Waals surface area contributed by atoms with Gasteiger partial charge in [-0.3, -0.25) is 13.8 Å². The Labute approximate surface area is 387 Å². The highest BCUT2D eigenvalue weighted by molar-refractivity contribution is 7.47. The molecule has 0 aromatic carbocycles. The number of ether oxygens (including phenoxy) is 2. The van der Waals surface area contributed by atoms with E-state index in [-0.39, 0.29) is 13.0 Å². The molecular weight excluding hydrogens is 836 g/mol. The second-order valence-corrected chi connectivity index (χ2v) is 18.7. The number of allylic oxidation sites excluding steroid dienone is 10. The first kappa shape index (κ1) is 60.1. The highest BCUT2D eigenvalue weighted by atomic mass is 31.2. The van der Waals surface area contributed by atoms with E-state index in [9.17, 15) is 39.8 Å². The lowest BCUT2D eigenvalue weighted by molar-refractivity contribution is -0.220. The quantitative estimate of drug-likeness (QED) is 0.0147. The summed E-state index contributed by atoms with van der Waals surface area (Å²) >= 11 is 0. The Morgan fingerprint density at radius 1 is 0.516 bits per heavy atom. The van der Waals surface area contributed by atoms with Gasteiger partial charge in [-0.05, 0) is 77.0 Å². The van der Waals surface area contributed by atoms with Crippen LogP contribution in [0.1, 0.15) is 194 Å². The zero-order valence-corrected chi connectivity index (χ0v) is 40.7. The molecule has 6 unspecified atom stereocenters. The molecule has 0 aromatic heterocycles. The Morgan fingerprint density at radius 2 is 0.922 bits per heavy atom. The number of carbonyl (C=O) groups excluding carboxylic acids is 1. The Morgan fingerprint density at radius 3 is 1.41 bits per heavy atom. The molecule has 0 amide bonds. The number of carbonyl (C=O) groups is 1. The second kappa shape index (κ2) is 41.2. The van der Waals surface area contributed by atoms with Crippen LogP contribution in [0.4, 0.5) is 0 Å². The summed E-state index contributed by atoms with van der Waals surface area (Å²) in [7, 11) is -5.03. The van der Waals surface area contributed by atoms with Gasteiger partial charge in [0.2, 0.25) is 0 Å². The lowest BCUT2D eigenvalue weighted by Crippen LogP contribution is -2.64. The summed E-state index contributed by atoms with van der Waals surface area (Å²) in [6.45, 7) is 4.09. The highest BCUT2D eigenvalue weighted by Crippen LogP contribution is 2.47. The Balaban J connectivity index is 2.34. The third kappa shape index (κ3) is 32.7. The molecule has 1 aliphatic carbocycles. The van der Waals surface area contributed by atoms with Crippen LogP contribution in [0.5, 0.6) is 0 Å². The molecular formula is C51H91O12P. The van der Waals surface area contributed by atoms with Gasteiger partial charge in [0.15, 0.2) is 0 Å². The van der Waals surface area contributed by atoms with Gasteiger partial charge in [-0.1, -0.05) is 171 Å². The van der Waals surface area contributed by atoms with Crippen LogP contribution in [-0.2, 0) is 27.9 Å². The molecule has 1 fully saturated rings. The van der Waals surface area contributed by atoms with Gasteiger partial charge in [0.05, 0.1) is 13.2 Å². The first-order chi connectivity index (χ1) is 31.0.